The fourth-order valence-electron chi connectivity index (χ4n) is 3.98. The van der Waals surface area contributed by atoms with E-state index in [1.54, 1.807) is 0 Å². The van der Waals surface area contributed by atoms with Crippen molar-refractivity contribution in [2.45, 2.75) is 32.2 Å². The summed E-state index contributed by atoms with van der Waals surface area (Å²) in [7, 11) is 2.18. The first-order chi connectivity index (χ1) is 8.78. The third kappa shape index (κ3) is 2.12. The van der Waals surface area contributed by atoms with Gasteiger partial charge in [-0.05, 0) is 48.6 Å². The molecule has 0 aromatic carbocycles. The maximum Gasteiger partial charge on any atom is 0.0595 e. The minimum Gasteiger partial charge on any atom is -0.373 e. The molecule has 0 radical (unpaired) electrons. The van der Waals surface area contributed by atoms with E-state index < -0.39 is 0 Å². The zero-order chi connectivity index (χ0) is 12.5. The average molecular weight is 245 g/mol. The number of hydrogen-bond acceptors (Lipinski definition) is 3. The van der Waals surface area contributed by atoms with Crippen LogP contribution in [0.5, 0.6) is 0 Å². The first-order valence-corrected chi connectivity index (χ1v) is 7.12. The van der Waals surface area contributed by atoms with Crippen molar-refractivity contribution >= 4 is 5.69 Å². The van der Waals surface area contributed by atoms with Crippen LogP contribution in [0.1, 0.15) is 31.2 Å². The number of hydrogen-bond donors (Lipinski definition) is 1. The molecule has 2 aliphatic rings. The standard InChI is InChI=1S/C15H23N3/c1-18(15-9-17-5-4-13(15)8-16)10-14-7-11-2-3-12(14)6-11/h4-5,9,11-12,14H,2-3,6-8,10,16H2,1H3. The minimum absolute atomic E-state index is 0.596. The van der Waals surface area contributed by atoms with Gasteiger partial charge in [0, 0.05) is 26.3 Å². The summed E-state index contributed by atoms with van der Waals surface area (Å²) in [6.45, 7) is 1.76. The summed E-state index contributed by atoms with van der Waals surface area (Å²) >= 11 is 0. The molecule has 2 N–H and O–H groups in total. The van der Waals surface area contributed by atoms with Gasteiger partial charge in [0.1, 0.15) is 0 Å². The van der Waals surface area contributed by atoms with Crippen LogP contribution in [0.15, 0.2) is 18.5 Å². The second kappa shape index (κ2) is 4.88. The van der Waals surface area contributed by atoms with Gasteiger partial charge in [-0.3, -0.25) is 4.98 Å². The summed E-state index contributed by atoms with van der Waals surface area (Å²) in [6, 6.07) is 2.03. The van der Waals surface area contributed by atoms with Crippen LogP contribution < -0.4 is 10.6 Å². The number of anilines is 1. The van der Waals surface area contributed by atoms with Gasteiger partial charge in [-0.2, -0.15) is 0 Å². The van der Waals surface area contributed by atoms with E-state index in [1.807, 2.05) is 18.5 Å². The molecule has 3 heteroatoms. The predicted octanol–water partition coefficient (Wildman–Crippen LogP) is 2.41. The van der Waals surface area contributed by atoms with Gasteiger partial charge in [0.25, 0.3) is 0 Å². The van der Waals surface area contributed by atoms with Gasteiger partial charge in [0.2, 0.25) is 0 Å². The van der Waals surface area contributed by atoms with E-state index in [1.165, 1.54) is 43.5 Å². The molecule has 0 amide bonds. The van der Waals surface area contributed by atoms with Crippen LogP contribution in [-0.2, 0) is 6.54 Å². The van der Waals surface area contributed by atoms with Gasteiger partial charge in [-0.1, -0.05) is 6.42 Å². The van der Waals surface area contributed by atoms with E-state index >= 15 is 0 Å². The summed E-state index contributed by atoms with van der Waals surface area (Å²) < 4.78 is 0. The highest BCUT2D eigenvalue weighted by molar-refractivity contribution is 5.51. The van der Waals surface area contributed by atoms with Crippen molar-refractivity contribution in [1.82, 2.24) is 4.98 Å². The molecule has 2 bridgehead atoms. The van der Waals surface area contributed by atoms with Crippen LogP contribution in [0.4, 0.5) is 5.69 Å². The SMILES string of the molecule is CN(CC1CC2CCC1C2)c1cnccc1CN. The van der Waals surface area contributed by atoms with Crippen LogP contribution >= 0.6 is 0 Å². The minimum atomic E-state index is 0.596. The Hall–Kier alpha value is -1.09. The number of nitrogens with two attached hydrogens (primary N) is 1. The van der Waals surface area contributed by atoms with Crippen LogP contribution in [-0.4, -0.2) is 18.6 Å². The molecule has 2 aliphatic carbocycles. The maximum absolute atomic E-state index is 5.80. The summed E-state index contributed by atoms with van der Waals surface area (Å²) in [5, 5.41) is 0. The molecule has 1 aromatic heterocycles. The predicted molar refractivity (Wildman–Crippen MR) is 74.3 cm³/mol. The Kier molecular flexibility index (Phi) is 3.25. The van der Waals surface area contributed by atoms with E-state index in [2.05, 4.69) is 16.9 Å². The Morgan fingerprint density at radius 1 is 1.39 bits per heavy atom. The Bertz CT molecular complexity index is 418. The maximum atomic E-state index is 5.80. The molecular weight excluding hydrogens is 222 g/mol. The molecule has 0 saturated heterocycles. The summed E-state index contributed by atoms with van der Waals surface area (Å²) in [6.07, 6.45) is 9.64. The molecule has 98 valence electrons. The smallest absolute Gasteiger partial charge is 0.0595 e. The average Bonchev–Trinajstić information content (AvgIpc) is 3.01. The van der Waals surface area contributed by atoms with Gasteiger partial charge < -0.3 is 10.6 Å². The number of fused-ring (bicyclic) bond motifs is 2. The molecule has 3 atom stereocenters. The number of aromatic nitrogens is 1. The fraction of sp³-hybridized carbons (Fsp3) is 0.667. The second-order valence-electron chi connectivity index (χ2n) is 6.02. The third-order valence-corrected chi connectivity index (χ3v) is 4.91. The van der Waals surface area contributed by atoms with Crippen molar-refractivity contribution in [2.24, 2.45) is 23.5 Å². The van der Waals surface area contributed by atoms with E-state index in [0.29, 0.717) is 6.54 Å². The third-order valence-electron chi connectivity index (χ3n) is 4.91. The van der Waals surface area contributed by atoms with Gasteiger partial charge in [-0.15, -0.1) is 0 Å². The first kappa shape index (κ1) is 12.0. The van der Waals surface area contributed by atoms with E-state index in [9.17, 15) is 0 Å². The van der Waals surface area contributed by atoms with Gasteiger partial charge in [-0.25, -0.2) is 0 Å². The molecule has 3 unspecified atom stereocenters. The highest BCUT2D eigenvalue weighted by atomic mass is 15.1. The lowest BCUT2D eigenvalue weighted by atomic mass is 9.88. The highest BCUT2D eigenvalue weighted by Crippen LogP contribution is 2.48. The number of rotatable bonds is 4. The Morgan fingerprint density at radius 3 is 2.94 bits per heavy atom. The zero-order valence-corrected chi connectivity index (χ0v) is 11.2. The molecule has 2 fully saturated rings. The molecule has 1 aromatic rings. The van der Waals surface area contributed by atoms with Gasteiger partial charge >= 0.3 is 0 Å². The summed E-state index contributed by atoms with van der Waals surface area (Å²) in [4.78, 5) is 6.60. The highest BCUT2D eigenvalue weighted by Gasteiger charge is 2.39. The molecule has 1 heterocycles. The monoisotopic (exact) mass is 245 g/mol. The fourth-order valence-corrected chi connectivity index (χ4v) is 3.98. The quantitative estimate of drug-likeness (QED) is 0.885. The van der Waals surface area contributed by atoms with Crippen LogP contribution in [0, 0.1) is 17.8 Å². The normalized spacial score (nSPS) is 29.8. The lowest BCUT2D eigenvalue weighted by Gasteiger charge is -2.29. The Balaban J connectivity index is 1.69. The van der Waals surface area contributed by atoms with Crippen molar-refractivity contribution in [3.63, 3.8) is 0 Å². The Labute approximate surface area is 109 Å². The summed E-state index contributed by atoms with van der Waals surface area (Å²) in [5.74, 6) is 2.89. The zero-order valence-electron chi connectivity index (χ0n) is 11.2. The summed E-state index contributed by atoms with van der Waals surface area (Å²) in [5.41, 5.74) is 8.22. The topological polar surface area (TPSA) is 42.2 Å². The van der Waals surface area contributed by atoms with Crippen LogP contribution in [0.3, 0.4) is 0 Å². The van der Waals surface area contributed by atoms with Crippen molar-refractivity contribution in [3.8, 4) is 0 Å². The van der Waals surface area contributed by atoms with Crippen molar-refractivity contribution < 1.29 is 0 Å². The first-order valence-electron chi connectivity index (χ1n) is 7.12. The lowest BCUT2D eigenvalue weighted by molar-refractivity contribution is 0.337. The van der Waals surface area contributed by atoms with E-state index in [4.69, 9.17) is 5.73 Å². The lowest BCUT2D eigenvalue weighted by Crippen LogP contribution is -2.29. The second-order valence-corrected chi connectivity index (χ2v) is 6.02. The van der Waals surface area contributed by atoms with Crippen molar-refractivity contribution in [1.29, 1.82) is 0 Å². The van der Waals surface area contributed by atoms with Crippen molar-refractivity contribution in [3.05, 3.63) is 24.0 Å². The molecule has 18 heavy (non-hydrogen) atoms. The van der Waals surface area contributed by atoms with Gasteiger partial charge in [0.15, 0.2) is 0 Å². The molecule has 0 aliphatic heterocycles. The number of nitrogens with zero attached hydrogens (tertiary/aromatic N) is 2. The molecule has 2 saturated carbocycles. The Morgan fingerprint density at radius 2 is 2.28 bits per heavy atom. The molecule has 3 nitrogen and oxygen atoms in total. The largest absolute Gasteiger partial charge is 0.373 e. The van der Waals surface area contributed by atoms with Crippen LogP contribution in [0.2, 0.25) is 0 Å². The molecule has 0 spiro atoms. The van der Waals surface area contributed by atoms with Crippen molar-refractivity contribution in [2.75, 3.05) is 18.5 Å². The number of pyridine rings is 1. The van der Waals surface area contributed by atoms with Gasteiger partial charge in [0.05, 0.1) is 11.9 Å². The molecule has 3 rings (SSSR count). The molecular formula is C15H23N3. The van der Waals surface area contributed by atoms with Crippen LogP contribution in [0.25, 0.3) is 0 Å². The van der Waals surface area contributed by atoms with E-state index in [-0.39, 0.29) is 0 Å². The van der Waals surface area contributed by atoms with E-state index in [0.717, 1.165) is 17.8 Å².